The van der Waals surface area contributed by atoms with Crippen molar-refractivity contribution in [2.45, 2.75) is 4.21 Å². The lowest BCUT2D eigenvalue weighted by Crippen LogP contribution is -2.23. The highest BCUT2D eigenvalue weighted by atomic mass is 79.9. The number of hydrogen-bond donors (Lipinski definition) is 2. The smallest absolute Gasteiger partial charge is 0.205 e. The van der Waals surface area contributed by atoms with Gasteiger partial charge in [-0.05, 0) is 22.0 Å². The van der Waals surface area contributed by atoms with Crippen LogP contribution in [0.1, 0.15) is 0 Å². The first-order valence-corrected chi connectivity index (χ1v) is 5.21. The van der Waals surface area contributed by atoms with E-state index in [1.165, 1.54) is 11.9 Å². The van der Waals surface area contributed by atoms with Crippen LogP contribution in [0.3, 0.4) is 0 Å². The minimum absolute atomic E-state index is 0.466. The number of halogens is 1. The number of rotatable bonds is 0. The molecule has 0 aliphatic carbocycles. The first-order valence-electron chi connectivity index (χ1n) is 2.82. The highest BCUT2D eigenvalue weighted by Crippen LogP contribution is 2.40. The summed E-state index contributed by atoms with van der Waals surface area (Å²) in [6.45, 7) is 0. The maximum Gasteiger partial charge on any atom is 0.205 e. The van der Waals surface area contributed by atoms with Crippen molar-refractivity contribution in [2.75, 3.05) is 5.32 Å². The van der Waals surface area contributed by atoms with E-state index in [1.807, 2.05) is 6.07 Å². The molecule has 58 valence electrons. The molecule has 0 radical (unpaired) electrons. The predicted molar refractivity (Wildman–Crippen MR) is 53.1 cm³/mol. The van der Waals surface area contributed by atoms with E-state index in [4.69, 9.17) is 5.73 Å². The van der Waals surface area contributed by atoms with Crippen LogP contribution in [0, 0.1) is 0 Å². The average molecular weight is 250 g/mol. The number of guanidine groups is 1. The third-order valence-electron chi connectivity index (χ3n) is 1.16. The number of hydrogen-bond acceptors (Lipinski definition) is 5. The molecule has 0 fully saturated rings. The number of nitrogens with two attached hydrogens (primary N) is 1. The molecule has 1 aromatic heterocycles. The molecule has 1 aliphatic rings. The van der Waals surface area contributed by atoms with E-state index >= 15 is 0 Å². The maximum absolute atomic E-state index is 5.47. The molecule has 0 aromatic carbocycles. The molecule has 2 heterocycles. The Hall–Kier alpha value is -0.200. The van der Waals surface area contributed by atoms with E-state index in [2.05, 4.69) is 25.6 Å². The lowest BCUT2D eigenvalue weighted by Gasteiger charge is -2.08. The Labute approximate surface area is 80.3 Å². The molecular weight excluding hydrogens is 246 g/mol. The van der Waals surface area contributed by atoms with Crippen LogP contribution in [0.2, 0.25) is 0 Å². The van der Waals surface area contributed by atoms with Crippen LogP contribution in [0.4, 0.5) is 5.69 Å². The topological polar surface area (TPSA) is 50.4 Å². The summed E-state index contributed by atoms with van der Waals surface area (Å²) in [4.78, 5) is 0. The molecule has 0 atom stereocenters. The standard InChI is InChI=1S/C5H4BrN3S2/c6-3-1-2-4(10-3)11-9-5(7)8-2/h1H,(H3,7,8,9). The second-order valence-electron chi connectivity index (χ2n) is 1.94. The van der Waals surface area contributed by atoms with Crippen molar-refractivity contribution in [1.82, 2.24) is 0 Å². The molecule has 0 bridgehead atoms. The zero-order chi connectivity index (χ0) is 7.84. The SMILES string of the molecule is NC1=NSc2sc(Br)cc2N1. The molecule has 0 spiro atoms. The van der Waals surface area contributed by atoms with E-state index in [0.717, 1.165) is 13.7 Å². The second-order valence-corrected chi connectivity index (χ2v) is 5.41. The van der Waals surface area contributed by atoms with Gasteiger partial charge >= 0.3 is 0 Å². The van der Waals surface area contributed by atoms with Gasteiger partial charge in [0.15, 0.2) is 0 Å². The van der Waals surface area contributed by atoms with Crippen molar-refractivity contribution in [2.24, 2.45) is 10.1 Å². The Kier molecular flexibility index (Phi) is 1.82. The van der Waals surface area contributed by atoms with Gasteiger partial charge in [-0.25, -0.2) is 0 Å². The molecule has 0 unspecified atom stereocenters. The minimum atomic E-state index is 0.466. The van der Waals surface area contributed by atoms with E-state index in [-0.39, 0.29) is 0 Å². The molecule has 1 aliphatic heterocycles. The summed E-state index contributed by atoms with van der Waals surface area (Å²) in [7, 11) is 0. The summed E-state index contributed by atoms with van der Waals surface area (Å²) < 4.78 is 6.21. The quantitative estimate of drug-likeness (QED) is 0.694. The molecule has 0 amide bonds. The largest absolute Gasteiger partial charge is 0.369 e. The molecule has 6 heteroatoms. The lowest BCUT2D eigenvalue weighted by molar-refractivity contribution is 1.49. The summed E-state index contributed by atoms with van der Waals surface area (Å²) in [5.41, 5.74) is 6.51. The molecule has 11 heavy (non-hydrogen) atoms. The lowest BCUT2D eigenvalue weighted by atomic mass is 10.5. The van der Waals surface area contributed by atoms with Gasteiger partial charge in [-0.1, -0.05) is 0 Å². The van der Waals surface area contributed by atoms with Crippen molar-refractivity contribution < 1.29 is 0 Å². The number of fused-ring (bicyclic) bond motifs is 1. The second kappa shape index (κ2) is 2.69. The van der Waals surface area contributed by atoms with Crippen LogP contribution in [0.15, 0.2) is 18.5 Å². The van der Waals surface area contributed by atoms with E-state index < -0.39 is 0 Å². The van der Waals surface area contributed by atoms with Gasteiger partial charge in [0.1, 0.15) is 4.21 Å². The molecular formula is C5H4BrN3S2. The third kappa shape index (κ3) is 1.38. The average Bonchev–Trinajstić information content (AvgIpc) is 2.27. The van der Waals surface area contributed by atoms with Crippen LogP contribution < -0.4 is 11.1 Å². The summed E-state index contributed by atoms with van der Waals surface area (Å²) >= 11 is 6.44. The van der Waals surface area contributed by atoms with E-state index in [0.29, 0.717) is 5.96 Å². The number of nitrogens with zero attached hydrogens (tertiary/aromatic N) is 1. The van der Waals surface area contributed by atoms with Gasteiger partial charge in [-0.3, -0.25) is 0 Å². The maximum atomic E-state index is 5.47. The van der Waals surface area contributed by atoms with Crippen LogP contribution in [0.5, 0.6) is 0 Å². The Balaban J connectivity index is 2.40. The first-order chi connectivity index (χ1) is 5.25. The fraction of sp³-hybridized carbons (Fsp3) is 0. The Morgan fingerprint density at radius 3 is 3.27 bits per heavy atom. The van der Waals surface area contributed by atoms with Gasteiger partial charge in [0.25, 0.3) is 0 Å². The molecule has 0 saturated carbocycles. The molecule has 3 nitrogen and oxygen atoms in total. The first kappa shape index (κ1) is 7.45. The zero-order valence-corrected chi connectivity index (χ0v) is 8.52. The number of anilines is 1. The molecule has 1 aromatic rings. The monoisotopic (exact) mass is 249 g/mol. The Bertz CT molecular complexity index is 320. The normalized spacial score (nSPS) is 15.2. The van der Waals surface area contributed by atoms with Gasteiger partial charge in [0, 0.05) is 11.9 Å². The minimum Gasteiger partial charge on any atom is -0.369 e. The van der Waals surface area contributed by atoms with Crippen LogP contribution in [0.25, 0.3) is 0 Å². The molecule has 2 rings (SSSR count). The predicted octanol–water partition coefficient (Wildman–Crippen LogP) is 2.26. The van der Waals surface area contributed by atoms with Crippen molar-refractivity contribution >= 4 is 50.9 Å². The number of thiophene rings is 1. The summed E-state index contributed by atoms with van der Waals surface area (Å²) in [5, 5.41) is 2.97. The van der Waals surface area contributed by atoms with Crippen LogP contribution in [-0.2, 0) is 0 Å². The third-order valence-corrected chi connectivity index (χ3v) is 3.74. The zero-order valence-electron chi connectivity index (χ0n) is 5.30. The van der Waals surface area contributed by atoms with E-state index in [1.54, 1.807) is 11.3 Å². The molecule has 0 saturated heterocycles. The van der Waals surface area contributed by atoms with Crippen molar-refractivity contribution in [3.8, 4) is 0 Å². The molecule has 3 N–H and O–H groups in total. The fourth-order valence-corrected chi connectivity index (χ4v) is 3.33. The Morgan fingerprint density at radius 1 is 1.64 bits per heavy atom. The van der Waals surface area contributed by atoms with Gasteiger partial charge in [-0.15, -0.1) is 11.3 Å². The van der Waals surface area contributed by atoms with Crippen LogP contribution >= 0.6 is 39.2 Å². The van der Waals surface area contributed by atoms with Gasteiger partial charge in [-0.2, -0.15) is 4.40 Å². The van der Waals surface area contributed by atoms with Crippen LogP contribution in [-0.4, -0.2) is 5.96 Å². The Morgan fingerprint density at radius 2 is 2.45 bits per heavy atom. The van der Waals surface area contributed by atoms with Crippen molar-refractivity contribution in [3.05, 3.63) is 9.85 Å². The summed E-state index contributed by atoms with van der Waals surface area (Å²) in [6, 6.07) is 1.99. The fourth-order valence-electron chi connectivity index (χ4n) is 0.752. The highest BCUT2D eigenvalue weighted by Gasteiger charge is 2.13. The van der Waals surface area contributed by atoms with Gasteiger partial charge in [0.05, 0.1) is 9.47 Å². The highest BCUT2D eigenvalue weighted by molar-refractivity contribution is 9.11. The summed E-state index contributed by atoms with van der Waals surface area (Å²) in [5.74, 6) is 0.466. The number of nitrogens with one attached hydrogen (secondary N) is 1. The summed E-state index contributed by atoms with van der Waals surface area (Å²) in [6.07, 6.45) is 0. The van der Waals surface area contributed by atoms with Crippen molar-refractivity contribution in [3.63, 3.8) is 0 Å². The van der Waals surface area contributed by atoms with Gasteiger partial charge < -0.3 is 11.1 Å². The van der Waals surface area contributed by atoms with Crippen molar-refractivity contribution in [1.29, 1.82) is 0 Å². The van der Waals surface area contributed by atoms with Gasteiger partial charge in [0.2, 0.25) is 5.96 Å². The van der Waals surface area contributed by atoms with E-state index in [9.17, 15) is 0 Å².